The Morgan fingerprint density at radius 3 is 2.24 bits per heavy atom. The first kappa shape index (κ1) is 15.0. The molecule has 0 fully saturated rings. The van der Waals surface area contributed by atoms with E-state index in [2.05, 4.69) is 5.32 Å². The van der Waals surface area contributed by atoms with Gasteiger partial charge in [-0.2, -0.15) is 0 Å². The Kier molecular flexibility index (Phi) is 5.29. The van der Waals surface area contributed by atoms with Crippen LogP contribution in [0.2, 0.25) is 0 Å². The molecule has 0 radical (unpaired) electrons. The highest BCUT2D eigenvalue weighted by Crippen LogP contribution is 2.12. The maximum atomic E-state index is 12.1. The molecule has 0 aromatic heterocycles. The van der Waals surface area contributed by atoms with Gasteiger partial charge >= 0.3 is 0 Å². The minimum atomic E-state index is -0.825. The Morgan fingerprint density at radius 2 is 1.62 bits per heavy atom. The van der Waals surface area contributed by atoms with E-state index in [1.54, 1.807) is 13.0 Å². The lowest BCUT2D eigenvalue weighted by atomic mass is 10.0. The third-order valence-electron chi connectivity index (χ3n) is 3.25. The van der Waals surface area contributed by atoms with E-state index in [1.807, 2.05) is 66.7 Å². The molecule has 0 saturated heterocycles. The lowest BCUT2D eigenvalue weighted by Gasteiger charge is -2.15. The van der Waals surface area contributed by atoms with Crippen molar-refractivity contribution in [3.05, 3.63) is 72.3 Å². The zero-order valence-electron chi connectivity index (χ0n) is 11.9. The molecule has 0 heterocycles. The predicted octanol–water partition coefficient (Wildman–Crippen LogP) is 3.34. The Hall–Kier alpha value is -2.39. The Morgan fingerprint density at radius 1 is 1.05 bits per heavy atom. The van der Waals surface area contributed by atoms with Crippen LogP contribution in [0.4, 0.5) is 5.69 Å². The zero-order valence-corrected chi connectivity index (χ0v) is 11.9. The number of nitrogens with one attached hydrogen (secondary N) is 1. The van der Waals surface area contributed by atoms with Crippen LogP contribution in [0.15, 0.2) is 66.7 Å². The van der Waals surface area contributed by atoms with Crippen molar-refractivity contribution in [1.82, 2.24) is 0 Å². The van der Waals surface area contributed by atoms with E-state index >= 15 is 0 Å². The van der Waals surface area contributed by atoms with Crippen molar-refractivity contribution in [3.8, 4) is 0 Å². The van der Waals surface area contributed by atoms with Crippen molar-refractivity contribution >= 4 is 17.7 Å². The van der Waals surface area contributed by atoms with Crippen molar-refractivity contribution in [1.29, 1.82) is 0 Å². The third-order valence-corrected chi connectivity index (χ3v) is 3.25. The summed E-state index contributed by atoms with van der Waals surface area (Å²) in [4.78, 5) is 12.1. The van der Waals surface area contributed by atoms with Crippen LogP contribution in [0, 0.1) is 5.92 Å². The number of hydrogen-bond donors (Lipinski definition) is 2. The van der Waals surface area contributed by atoms with Crippen molar-refractivity contribution in [2.24, 2.45) is 5.92 Å². The minimum Gasteiger partial charge on any atom is -0.388 e. The summed E-state index contributed by atoms with van der Waals surface area (Å²) >= 11 is 0. The van der Waals surface area contributed by atoms with Gasteiger partial charge in [-0.05, 0) is 17.7 Å². The number of aliphatic hydroxyl groups excluding tert-OH is 1. The first-order valence-corrected chi connectivity index (χ1v) is 6.94. The number of carbonyl (C=O) groups excluding carboxylic acids is 1. The normalized spacial score (nSPS) is 13.8. The minimum absolute atomic E-state index is 0.202. The number of amides is 1. The first-order chi connectivity index (χ1) is 10.2. The SMILES string of the molecule is C[C@@H](C(=O)Nc1ccccc1)[C@H](O)/C=C/c1ccccc1. The van der Waals surface area contributed by atoms with Crippen molar-refractivity contribution in [2.75, 3.05) is 5.32 Å². The van der Waals surface area contributed by atoms with Gasteiger partial charge in [0.25, 0.3) is 0 Å². The van der Waals surface area contributed by atoms with Crippen LogP contribution in [0.25, 0.3) is 6.08 Å². The molecule has 1 amide bonds. The average molecular weight is 281 g/mol. The molecule has 0 saturated carbocycles. The first-order valence-electron chi connectivity index (χ1n) is 6.94. The highest BCUT2D eigenvalue weighted by Gasteiger charge is 2.19. The van der Waals surface area contributed by atoms with Crippen LogP contribution in [0.1, 0.15) is 12.5 Å². The van der Waals surface area contributed by atoms with Crippen molar-refractivity contribution < 1.29 is 9.90 Å². The summed E-state index contributed by atoms with van der Waals surface area (Å²) in [5.74, 6) is -0.725. The van der Waals surface area contributed by atoms with Crippen LogP contribution in [-0.2, 0) is 4.79 Å². The van der Waals surface area contributed by atoms with Crippen molar-refractivity contribution in [2.45, 2.75) is 13.0 Å². The molecule has 0 aliphatic carbocycles. The lowest BCUT2D eigenvalue weighted by molar-refractivity contribution is -0.121. The van der Waals surface area contributed by atoms with Gasteiger partial charge in [-0.3, -0.25) is 4.79 Å². The van der Waals surface area contributed by atoms with Gasteiger partial charge in [0, 0.05) is 5.69 Å². The fourth-order valence-electron chi connectivity index (χ4n) is 1.87. The number of para-hydroxylation sites is 1. The zero-order chi connectivity index (χ0) is 15.1. The molecule has 2 rings (SSSR count). The van der Waals surface area contributed by atoms with Gasteiger partial charge in [-0.1, -0.05) is 67.6 Å². The lowest BCUT2D eigenvalue weighted by Crippen LogP contribution is -2.29. The van der Waals surface area contributed by atoms with Gasteiger partial charge in [0.2, 0.25) is 5.91 Å². The van der Waals surface area contributed by atoms with E-state index < -0.39 is 12.0 Å². The van der Waals surface area contributed by atoms with Crippen LogP contribution < -0.4 is 5.32 Å². The Labute approximate surface area is 124 Å². The molecule has 3 heteroatoms. The number of carbonyl (C=O) groups is 1. The molecule has 0 unspecified atom stereocenters. The van der Waals surface area contributed by atoms with Gasteiger partial charge in [-0.25, -0.2) is 0 Å². The van der Waals surface area contributed by atoms with Gasteiger partial charge in [0.05, 0.1) is 12.0 Å². The molecule has 108 valence electrons. The number of aliphatic hydroxyl groups is 1. The topological polar surface area (TPSA) is 49.3 Å². The van der Waals surface area contributed by atoms with E-state index in [1.165, 1.54) is 0 Å². The van der Waals surface area contributed by atoms with Crippen LogP contribution >= 0.6 is 0 Å². The molecule has 2 N–H and O–H groups in total. The Bertz CT molecular complexity index is 593. The average Bonchev–Trinajstić information content (AvgIpc) is 2.53. The van der Waals surface area contributed by atoms with E-state index in [0.717, 1.165) is 11.3 Å². The molecule has 0 aliphatic heterocycles. The van der Waals surface area contributed by atoms with Gasteiger partial charge in [0.1, 0.15) is 0 Å². The quantitative estimate of drug-likeness (QED) is 0.883. The van der Waals surface area contributed by atoms with Crippen molar-refractivity contribution in [3.63, 3.8) is 0 Å². The molecule has 2 atom stereocenters. The highest BCUT2D eigenvalue weighted by molar-refractivity contribution is 5.92. The number of anilines is 1. The number of benzene rings is 2. The molecule has 3 nitrogen and oxygen atoms in total. The fourth-order valence-corrected chi connectivity index (χ4v) is 1.87. The molecule has 0 bridgehead atoms. The van der Waals surface area contributed by atoms with E-state index in [4.69, 9.17) is 0 Å². The molecule has 21 heavy (non-hydrogen) atoms. The number of hydrogen-bond acceptors (Lipinski definition) is 2. The fraction of sp³-hybridized carbons (Fsp3) is 0.167. The third kappa shape index (κ3) is 4.58. The summed E-state index contributed by atoms with van der Waals surface area (Å²) in [5, 5.41) is 12.9. The molecule has 0 spiro atoms. The maximum absolute atomic E-state index is 12.1. The Balaban J connectivity index is 1.94. The summed E-state index contributed by atoms with van der Waals surface area (Å²) < 4.78 is 0. The summed E-state index contributed by atoms with van der Waals surface area (Å²) in [7, 11) is 0. The second-order valence-corrected chi connectivity index (χ2v) is 4.90. The molecule has 2 aromatic rings. The van der Waals surface area contributed by atoms with Gasteiger partial charge in [0.15, 0.2) is 0 Å². The molecular weight excluding hydrogens is 262 g/mol. The summed E-state index contributed by atoms with van der Waals surface area (Å²) in [5.41, 5.74) is 1.72. The maximum Gasteiger partial charge on any atom is 0.230 e. The van der Waals surface area contributed by atoms with Gasteiger partial charge < -0.3 is 10.4 Å². The monoisotopic (exact) mass is 281 g/mol. The van der Waals surface area contributed by atoms with Crippen LogP contribution in [0.3, 0.4) is 0 Å². The highest BCUT2D eigenvalue weighted by atomic mass is 16.3. The molecule has 0 aliphatic rings. The molecule has 2 aromatic carbocycles. The second-order valence-electron chi connectivity index (χ2n) is 4.90. The number of rotatable bonds is 5. The van der Waals surface area contributed by atoms with E-state index in [0.29, 0.717) is 0 Å². The summed E-state index contributed by atoms with van der Waals surface area (Å²) in [6.07, 6.45) is 2.63. The van der Waals surface area contributed by atoms with E-state index in [-0.39, 0.29) is 5.91 Å². The van der Waals surface area contributed by atoms with Crippen LogP contribution in [0.5, 0.6) is 0 Å². The summed E-state index contributed by atoms with van der Waals surface area (Å²) in [6.45, 7) is 1.71. The standard InChI is InChI=1S/C18H19NO2/c1-14(18(21)19-16-10-6-3-7-11-16)17(20)13-12-15-8-4-2-5-9-15/h2-14,17,20H,1H3,(H,19,21)/b13-12+/t14-,17-/m1/s1. The van der Waals surface area contributed by atoms with Gasteiger partial charge in [-0.15, -0.1) is 0 Å². The predicted molar refractivity (Wildman–Crippen MR) is 85.7 cm³/mol. The van der Waals surface area contributed by atoms with E-state index in [9.17, 15) is 9.90 Å². The second kappa shape index (κ2) is 7.41. The summed E-state index contributed by atoms with van der Waals surface area (Å²) in [6, 6.07) is 18.9. The largest absolute Gasteiger partial charge is 0.388 e. The smallest absolute Gasteiger partial charge is 0.230 e. The van der Waals surface area contributed by atoms with Crippen LogP contribution in [-0.4, -0.2) is 17.1 Å². The molecular formula is C18H19NO2.